The number of urea groups is 1. The highest BCUT2D eigenvalue weighted by Gasteiger charge is 2.51. The van der Waals surface area contributed by atoms with Gasteiger partial charge in [0.15, 0.2) is 0 Å². The molecule has 0 spiro atoms. The Morgan fingerprint density at radius 1 is 1.16 bits per heavy atom. The Morgan fingerprint density at radius 2 is 1.88 bits per heavy atom. The van der Waals surface area contributed by atoms with Crippen molar-refractivity contribution in [3.8, 4) is 0 Å². The van der Waals surface area contributed by atoms with Crippen molar-refractivity contribution in [1.29, 1.82) is 0 Å². The second-order valence-electron chi connectivity index (χ2n) is 6.08. The minimum absolute atomic E-state index is 0.00206. The van der Waals surface area contributed by atoms with Gasteiger partial charge in [0.05, 0.1) is 6.54 Å². The normalized spacial score (nSPS) is 20.0. The molecule has 1 saturated heterocycles. The van der Waals surface area contributed by atoms with E-state index in [1.807, 2.05) is 37.3 Å². The Bertz CT molecular complexity index is 812. The zero-order valence-electron chi connectivity index (χ0n) is 13.8. The molecule has 3 amide bonds. The smallest absolute Gasteiger partial charge is 0.319 e. The van der Waals surface area contributed by atoms with E-state index in [2.05, 4.69) is 5.32 Å². The molecular weight excluding hydrogens is 343 g/mol. The molecule has 0 saturated carbocycles. The summed E-state index contributed by atoms with van der Waals surface area (Å²) in [5.74, 6) is -0.776. The molecular formula is C19H18ClFN2O2. The van der Waals surface area contributed by atoms with E-state index < -0.39 is 17.4 Å². The van der Waals surface area contributed by atoms with Gasteiger partial charge in [-0.2, -0.15) is 0 Å². The Hall–Kier alpha value is -2.40. The molecule has 0 radical (unpaired) electrons. The van der Waals surface area contributed by atoms with Gasteiger partial charge in [0.1, 0.15) is 11.4 Å². The topological polar surface area (TPSA) is 49.4 Å². The number of carbonyl (C=O) groups is 2. The first-order valence-corrected chi connectivity index (χ1v) is 8.49. The van der Waals surface area contributed by atoms with Crippen LogP contribution in [0.2, 0.25) is 5.02 Å². The van der Waals surface area contributed by atoms with E-state index in [0.29, 0.717) is 12.0 Å². The number of halogens is 2. The van der Waals surface area contributed by atoms with Crippen LogP contribution >= 0.6 is 11.6 Å². The van der Waals surface area contributed by atoms with Crippen molar-refractivity contribution in [3.05, 3.63) is 70.5 Å². The van der Waals surface area contributed by atoms with Gasteiger partial charge in [-0.3, -0.25) is 9.69 Å². The lowest BCUT2D eigenvalue weighted by molar-refractivity contribution is -0.132. The maximum atomic E-state index is 13.2. The Kier molecular flexibility index (Phi) is 4.77. The van der Waals surface area contributed by atoms with Crippen molar-refractivity contribution in [1.82, 2.24) is 10.2 Å². The molecule has 2 aromatic carbocycles. The number of amides is 3. The minimum atomic E-state index is -1.07. The minimum Gasteiger partial charge on any atom is -0.319 e. The van der Waals surface area contributed by atoms with Gasteiger partial charge in [-0.15, -0.1) is 0 Å². The summed E-state index contributed by atoms with van der Waals surface area (Å²) in [6, 6.07) is 12.7. The van der Waals surface area contributed by atoms with Gasteiger partial charge >= 0.3 is 6.03 Å². The highest BCUT2D eigenvalue weighted by molar-refractivity contribution is 6.31. The van der Waals surface area contributed by atoms with E-state index in [0.717, 1.165) is 16.9 Å². The molecule has 6 heteroatoms. The van der Waals surface area contributed by atoms with Gasteiger partial charge in [0.25, 0.3) is 5.91 Å². The second-order valence-corrected chi connectivity index (χ2v) is 6.49. The first kappa shape index (κ1) is 17.4. The Morgan fingerprint density at radius 3 is 2.52 bits per heavy atom. The van der Waals surface area contributed by atoms with E-state index in [1.165, 1.54) is 18.2 Å². The number of nitrogens with zero attached hydrogens (tertiary/aromatic N) is 1. The fourth-order valence-electron chi connectivity index (χ4n) is 3.20. The second kappa shape index (κ2) is 6.84. The molecule has 1 fully saturated rings. The number of hydrogen-bond donors (Lipinski definition) is 1. The van der Waals surface area contributed by atoms with E-state index >= 15 is 0 Å². The molecule has 2 aromatic rings. The standard InChI is InChI=1S/C19H18ClFN2O2/c1-2-10-19(14-6-4-3-5-7-14)17(24)23(18(25)22-19)12-13-8-9-15(21)11-16(13)20/h3-9,11H,2,10,12H2,1H3,(H,22,25)/t19-/m0/s1. The maximum Gasteiger partial charge on any atom is 0.325 e. The SMILES string of the molecule is CCC[C@@]1(c2ccccc2)NC(=O)N(Cc2ccc(F)cc2Cl)C1=O. The van der Waals surface area contributed by atoms with Crippen LogP contribution in [0.25, 0.3) is 0 Å². The first-order valence-electron chi connectivity index (χ1n) is 8.11. The Balaban J connectivity index is 1.95. The predicted octanol–water partition coefficient (Wildman–Crippen LogP) is 4.23. The molecule has 1 aliphatic rings. The van der Waals surface area contributed by atoms with Crippen LogP contribution in [0, 0.1) is 5.82 Å². The van der Waals surface area contributed by atoms with Gasteiger partial charge in [-0.1, -0.05) is 61.3 Å². The van der Waals surface area contributed by atoms with E-state index in [1.54, 1.807) is 0 Å². The number of hydrogen-bond acceptors (Lipinski definition) is 2. The number of rotatable bonds is 5. The van der Waals surface area contributed by atoms with Crippen LogP contribution < -0.4 is 5.32 Å². The zero-order chi connectivity index (χ0) is 18.0. The molecule has 1 N–H and O–H groups in total. The lowest BCUT2D eigenvalue weighted by atomic mass is 9.85. The summed E-state index contributed by atoms with van der Waals surface area (Å²) in [7, 11) is 0. The number of nitrogens with one attached hydrogen (secondary N) is 1. The largest absolute Gasteiger partial charge is 0.325 e. The fourth-order valence-corrected chi connectivity index (χ4v) is 3.42. The third-order valence-electron chi connectivity index (χ3n) is 4.41. The van der Waals surface area contributed by atoms with Gasteiger partial charge in [-0.05, 0) is 29.7 Å². The van der Waals surface area contributed by atoms with Gasteiger partial charge in [0, 0.05) is 5.02 Å². The predicted molar refractivity (Wildman–Crippen MR) is 93.5 cm³/mol. The molecule has 1 heterocycles. The van der Waals surface area contributed by atoms with Crippen molar-refractivity contribution >= 4 is 23.5 Å². The number of benzene rings is 2. The van der Waals surface area contributed by atoms with Crippen molar-refractivity contribution in [2.75, 3.05) is 0 Å². The van der Waals surface area contributed by atoms with Crippen molar-refractivity contribution in [2.45, 2.75) is 31.8 Å². The third-order valence-corrected chi connectivity index (χ3v) is 4.76. The van der Waals surface area contributed by atoms with Crippen molar-refractivity contribution in [2.24, 2.45) is 0 Å². The van der Waals surface area contributed by atoms with Gasteiger partial charge < -0.3 is 5.32 Å². The van der Waals surface area contributed by atoms with Gasteiger partial charge in [0.2, 0.25) is 0 Å². The average molecular weight is 361 g/mol. The molecule has 0 bridgehead atoms. The molecule has 0 unspecified atom stereocenters. The first-order chi connectivity index (χ1) is 12.0. The molecule has 25 heavy (non-hydrogen) atoms. The number of imide groups is 1. The van der Waals surface area contributed by atoms with Crippen LogP contribution in [-0.2, 0) is 16.9 Å². The van der Waals surface area contributed by atoms with Crippen LogP contribution in [0.15, 0.2) is 48.5 Å². The van der Waals surface area contributed by atoms with Gasteiger partial charge in [-0.25, -0.2) is 9.18 Å². The van der Waals surface area contributed by atoms with Crippen molar-refractivity contribution < 1.29 is 14.0 Å². The van der Waals surface area contributed by atoms with E-state index in [4.69, 9.17) is 11.6 Å². The zero-order valence-corrected chi connectivity index (χ0v) is 14.5. The summed E-state index contributed by atoms with van der Waals surface area (Å²) in [6.45, 7) is 1.96. The molecule has 1 atom stereocenters. The molecule has 4 nitrogen and oxygen atoms in total. The Labute approximate surface area is 150 Å². The lowest BCUT2D eigenvalue weighted by Gasteiger charge is -2.27. The van der Waals surface area contributed by atoms with Crippen LogP contribution in [-0.4, -0.2) is 16.8 Å². The molecule has 1 aliphatic heterocycles. The average Bonchev–Trinajstić information content (AvgIpc) is 2.83. The fraction of sp³-hybridized carbons (Fsp3) is 0.263. The monoisotopic (exact) mass is 360 g/mol. The summed E-state index contributed by atoms with van der Waals surface area (Å²) >= 11 is 6.04. The van der Waals surface area contributed by atoms with Crippen molar-refractivity contribution in [3.63, 3.8) is 0 Å². The molecule has 3 rings (SSSR count). The van der Waals surface area contributed by atoms with Crippen LogP contribution in [0.1, 0.15) is 30.9 Å². The summed E-state index contributed by atoms with van der Waals surface area (Å²) in [5, 5.41) is 3.04. The van der Waals surface area contributed by atoms with E-state index in [-0.39, 0.29) is 17.5 Å². The lowest BCUT2D eigenvalue weighted by Crippen LogP contribution is -2.43. The summed E-state index contributed by atoms with van der Waals surface area (Å²) in [4.78, 5) is 26.8. The van der Waals surface area contributed by atoms with E-state index in [9.17, 15) is 14.0 Å². The summed E-state index contributed by atoms with van der Waals surface area (Å²) < 4.78 is 13.2. The highest BCUT2D eigenvalue weighted by Crippen LogP contribution is 2.34. The van der Waals surface area contributed by atoms with Crippen LogP contribution in [0.5, 0.6) is 0 Å². The quantitative estimate of drug-likeness (QED) is 0.811. The molecule has 0 aliphatic carbocycles. The molecule has 130 valence electrons. The number of carbonyl (C=O) groups excluding carboxylic acids is 2. The molecule has 0 aromatic heterocycles. The van der Waals surface area contributed by atoms with Crippen LogP contribution in [0.4, 0.5) is 9.18 Å². The highest BCUT2D eigenvalue weighted by atomic mass is 35.5. The summed E-state index contributed by atoms with van der Waals surface area (Å²) in [5.41, 5.74) is 0.203. The van der Waals surface area contributed by atoms with Crippen LogP contribution in [0.3, 0.4) is 0 Å². The third kappa shape index (κ3) is 3.12. The summed E-state index contributed by atoms with van der Waals surface area (Å²) in [6.07, 6.45) is 1.22. The maximum absolute atomic E-state index is 13.2.